The zero-order valence-electron chi connectivity index (χ0n) is 22.8. The molecule has 1 aliphatic heterocycles. The topological polar surface area (TPSA) is 97.6 Å². The lowest BCUT2D eigenvalue weighted by Gasteiger charge is -2.31. The molecular weight excluding hydrogens is 514 g/mol. The lowest BCUT2D eigenvalue weighted by molar-refractivity contribution is -0.132. The summed E-state index contributed by atoms with van der Waals surface area (Å²) in [6.45, 7) is 1.26. The molecular formula is C29H35N5O4S. The van der Waals surface area contributed by atoms with Crippen LogP contribution in [0, 0.1) is 0 Å². The highest BCUT2D eigenvalue weighted by molar-refractivity contribution is 7.10. The number of likely N-dealkylation sites (tertiary alicyclic amines) is 1. The van der Waals surface area contributed by atoms with Crippen molar-refractivity contribution in [1.82, 2.24) is 19.7 Å². The lowest BCUT2D eigenvalue weighted by atomic mass is 9.97. The highest BCUT2D eigenvalue weighted by Gasteiger charge is 2.29. The largest absolute Gasteiger partial charge is 0.497 e. The van der Waals surface area contributed by atoms with Crippen molar-refractivity contribution in [3.63, 3.8) is 0 Å². The number of aryl methyl sites for hydroxylation is 2. The summed E-state index contributed by atoms with van der Waals surface area (Å²) in [7, 11) is 5.28. The third-order valence-corrected chi connectivity index (χ3v) is 8.83. The minimum absolute atomic E-state index is 0.00597. The first-order valence-electron chi connectivity index (χ1n) is 13.6. The molecule has 206 valence electrons. The number of amides is 2. The van der Waals surface area contributed by atoms with Crippen LogP contribution in [-0.2, 0) is 24.7 Å². The highest BCUT2D eigenvalue weighted by atomic mass is 32.1. The Bertz CT molecular complexity index is 1350. The van der Waals surface area contributed by atoms with Gasteiger partial charge in [0.2, 0.25) is 5.91 Å². The summed E-state index contributed by atoms with van der Waals surface area (Å²) in [5.41, 5.74) is 3.32. The van der Waals surface area contributed by atoms with Gasteiger partial charge in [-0.2, -0.15) is 5.10 Å². The van der Waals surface area contributed by atoms with E-state index in [0.717, 1.165) is 55.0 Å². The Labute approximate surface area is 232 Å². The molecule has 0 unspecified atom stereocenters. The molecule has 1 aliphatic carbocycles. The number of hydrogen-bond donors (Lipinski definition) is 0. The SMILES string of the molecule is COc1ccc(C(=O)CCC(=O)N2CCC(c3nc(C(=O)N(C)c4c5c(nn4C)CCCC5)cs3)CC2)cc1. The first-order chi connectivity index (χ1) is 18.9. The van der Waals surface area contributed by atoms with E-state index in [1.165, 1.54) is 16.9 Å². The lowest BCUT2D eigenvalue weighted by Crippen LogP contribution is -2.38. The molecule has 3 heterocycles. The van der Waals surface area contributed by atoms with Gasteiger partial charge in [-0.1, -0.05) is 0 Å². The molecule has 3 aromatic rings. The number of rotatable bonds is 8. The van der Waals surface area contributed by atoms with Crippen LogP contribution in [0.2, 0.25) is 0 Å². The number of fused-ring (bicyclic) bond motifs is 1. The maximum atomic E-state index is 13.3. The fourth-order valence-electron chi connectivity index (χ4n) is 5.60. The van der Waals surface area contributed by atoms with Crippen molar-refractivity contribution in [2.75, 3.05) is 32.1 Å². The number of Topliss-reactive ketones (excluding diaryl/α,β-unsaturated/α-hetero) is 1. The molecule has 0 bridgehead atoms. The van der Waals surface area contributed by atoms with Crippen LogP contribution in [0.15, 0.2) is 29.6 Å². The van der Waals surface area contributed by atoms with E-state index in [9.17, 15) is 14.4 Å². The van der Waals surface area contributed by atoms with Crippen LogP contribution >= 0.6 is 11.3 Å². The van der Waals surface area contributed by atoms with Crippen molar-refractivity contribution in [2.24, 2.45) is 7.05 Å². The van der Waals surface area contributed by atoms with Gasteiger partial charge in [0.25, 0.3) is 5.91 Å². The van der Waals surface area contributed by atoms with Crippen LogP contribution in [0.3, 0.4) is 0 Å². The maximum absolute atomic E-state index is 13.3. The van der Waals surface area contributed by atoms with Gasteiger partial charge in [-0.3, -0.25) is 24.0 Å². The van der Waals surface area contributed by atoms with Gasteiger partial charge in [0, 0.05) is 62.5 Å². The van der Waals surface area contributed by atoms with Crippen molar-refractivity contribution in [3.8, 4) is 5.75 Å². The second kappa shape index (κ2) is 11.7. The fraction of sp³-hybridized carbons (Fsp3) is 0.483. The molecule has 0 atom stereocenters. The van der Waals surface area contributed by atoms with E-state index in [2.05, 4.69) is 5.10 Å². The molecule has 9 nitrogen and oxygen atoms in total. The number of methoxy groups -OCH3 is 1. The van der Waals surface area contributed by atoms with Crippen molar-refractivity contribution in [2.45, 2.75) is 57.3 Å². The van der Waals surface area contributed by atoms with E-state index in [-0.39, 0.29) is 36.4 Å². The minimum Gasteiger partial charge on any atom is -0.497 e. The maximum Gasteiger partial charge on any atom is 0.278 e. The van der Waals surface area contributed by atoms with Crippen LogP contribution in [0.25, 0.3) is 0 Å². The summed E-state index contributed by atoms with van der Waals surface area (Å²) in [5.74, 6) is 1.62. The van der Waals surface area contributed by atoms with Crippen molar-refractivity contribution in [1.29, 1.82) is 0 Å². The Balaban J connectivity index is 1.13. The van der Waals surface area contributed by atoms with E-state index in [4.69, 9.17) is 9.72 Å². The summed E-state index contributed by atoms with van der Waals surface area (Å²) < 4.78 is 6.95. The number of thiazole rings is 1. The number of carbonyl (C=O) groups excluding carboxylic acids is 3. The molecule has 0 N–H and O–H groups in total. The average Bonchev–Trinajstić information content (AvgIpc) is 3.59. The molecule has 1 aromatic carbocycles. The second-order valence-corrected chi connectivity index (χ2v) is 11.2. The van der Waals surface area contributed by atoms with E-state index in [1.54, 1.807) is 43.3 Å². The number of anilines is 1. The normalized spacial score (nSPS) is 15.6. The number of ketones is 1. The van der Waals surface area contributed by atoms with Crippen LogP contribution in [0.4, 0.5) is 5.82 Å². The van der Waals surface area contributed by atoms with E-state index in [1.807, 2.05) is 22.0 Å². The fourth-order valence-corrected chi connectivity index (χ4v) is 6.57. The molecule has 0 radical (unpaired) electrons. The number of ether oxygens (including phenoxy) is 1. The first-order valence-corrected chi connectivity index (χ1v) is 14.5. The van der Waals surface area contributed by atoms with Crippen molar-refractivity contribution in [3.05, 3.63) is 57.2 Å². The molecule has 1 fully saturated rings. The van der Waals surface area contributed by atoms with Gasteiger partial charge in [0.05, 0.1) is 17.8 Å². The molecule has 5 rings (SSSR count). The minimum atomic E-state index is -0.122. The molecule has 2 aromatic heterocycles. The Kier molecular flexibility index (Phi) is 8.11. The predicted molar refractivity (Wildman–Crippen MR) is 150 cm³/mol. The summed E-state index contributed by atoms with van der Waals surface area (Å²) in [6.07, 6.45) is 6.16. The standard InChI is InChI=1S/C29H35N5O4S/c1-32(28-22-6-4-5-7-23(22)31-33(28)2)29(37)24-18-39-27(30-24)20-14-16-34(17-15-20)26(36)13-12-25(35)19-8-10-21(38-3)11-9-19/h8-11,18,20H,4-7,12-17H2,1-3H3. The zero-order chi connectivity index (χ0) is 27.5. The monoisotopic (exact) mass is 549 g/mol. The third-order valence-electron chi connectivity index (χ3n) is 7.82. The van der Waals surface area contributed by atoms with Gasteiger partial charge in [-0.25, -0.2) is 4.98 Å². The molecule has 2 aliphatic rings. The number of benzene rings is 1. The predicted octanol–water partition coefficient (Wildman–Crippen LogP) is 4.41. The summed E-state index contributed by atoms with van der Waals surface area (Å²) >= 11 is 1.52. The first kappa shape index (κ1) is 27.1. The molecule has 39 heavy (non-hydrogen) atoms. The Morgan fingerprint density at radius 2 is 1.79 bits per heavy atom. The van der Waals surface area contributed by atoms with Gasteiger partial charge in [0.15, 0.2) is 5.78 Å². The number of piperidine rings is 1. The third kappa shape index (κ3) is 5.75. The summed E-state index contributed by atoms with van der Waals surface area (Å²) in [5, 5.41) is 7.43. The van der Waals surface area contributed by atoms with Crippen LogP contribution in [-0.4, -0.2) is 64.5 Å². The number of hydrogen-bond acceptors (Lipinski definition) is 7. The van der Waals surface area contributed by atoms with Crippen molar-refractivity contribution >= 4 is 34.8 Å². The van der Waals surface area contributed by atoms with Gasteiger partial charge >= 0.3 is 0 Å². The van der Waals surface area contributed by atoms with Gasteiger partial charge in [-0.15, -0.1) is 11.3 Å². The molecule has 10 heteroatoms. The number of aromatic nitrogens is 3. The summed E-state index contributed by atoms with van der Waals surface area (Å²) in [6, 6.07) is 6.96. The van der Waals surface area contributed by atoms with Gasteiger partial charge in [0.1, 0.15) is 17.3 Å². The number of carbonyl (C=O) groups is 3. The molecule has 0 saturated carbocycles. The second-order valence-electron chi connectivity index (χ2n) is 10.3. The van der Waals surface area contributed by atoms with Crippen LogP contribution < -0.4 is 9.64 Å². The van der Waals surface area contributed by atoms with E-state index < -0.39 is 0 Å². The van der Waals surface area contributed by atoms with Crippen LogP contribution in [0.5, 0.6) is 5.75 Å². The Morgan fingerprint density at radius 3 is 2.51 bits per heavy atom. The van der Waals surface area contributed by atoms with Gasteiger partial charge in [-0.05, 0) is 62.8 Å². The highest BCUT2D eigenvalue weighted by Crippen LogP contribution is 2.33. The van der Waals surface area contributed by atoms with Crippen molar-refractivity contribution < 1.29 is 19.1 Å². The quantitative estimate of drug-likeness (QED) is 0.386. The number of nitrogens with zero attached hydrogens (tertiary/aromatic N) is 5. The Morgan fingerprint density at radius 1 is 1.08 bits per heavy atom. The van der Waals surface area contributed by atoms with E-state index >= 15 is 0 Å². The Hall–Kier alpha value is -3.53. The molecule has 1 saturated heterocycles. The molecule has 0 spiro atoms. The van der Waals surface area contributed by atoms with Crippen LogP contribution in [0.1, 0.15) is 81.6 Å². The van der Waals surface area contributed by atoms with E-state index in [0.29, 0.717) is 30.1 Å². The smallest absolute Gasteiger partial charge is 0.278 e. The average molecular weight is 550 g/mol. The van der Waals surface area contributed by atoms with Gasteiger partial charge < -0.3 is 9.64 Å². The zero-order valence-corrected chi connectivity index (χ0v) is 23.6. The summed E-state index contributed by atoms with van der Waals surface area (Å²) in [4.78, 5) is 46.8. The molecule has 2 amide bonds.